The Hall–Kier alpha value is -2.62. The normalized spacial score (nSPS) is 12.2. The van der Waals surface area contributed by atoms with E-state index in [4.69, 9.17) is 9.47 Å². The molecule has 0 saturated heterocycles. The molecule has 0 aromatic heterocycles. The second kappa shape index (κ2) is 13.8. The monoisotopic (exact) mass is 446 g/mol. The fourth-order valence-corrected chi connectivity index (χ4v) is 4.00. The molecule has 1 atom stereocenters. The van der Waals surface area contributed by atoms with E-state index in [1.165, 1.54) is 24.8 Å². The number of hydrogen-bond acceptors (Lipinski definition) is 3. The molecule has 0 aliphatic heterocycles. The lowest BCUT2D eigenvalue weighted by Gasteiger charge is -2.24. The molecule has 0 aliphatic carbocycles. The average molecular weight is 447 g/mol. The highest BCUT2D eigenvalue weighted by Gasteiger charge is 2.22. The Morgan fingerprint density at radius 2 is 1.45 bits per heavy atom. The zero-order chi connectivity index (χ0) is 23.3. The molecule has 0 bridgehead atoms. The summed E-state index contributed by atoms with van der Waals surface area (Å²) >= 11 is 0. The molecule has 3 aromatic carbocycles. The Morgan fingerprint density at radius 1 is 0.758 bits per heavy atom. The van der Waals surface area contributed by atoms with Crippen LogP contribution in [0.15, 0.2) is 78.9 Å². The Bertz CT molecular complexity index is 922. The first kappa shape index (κ1) is 25.0. The largest absolute Gasteiger partial charge is 0.508 e. The Kier molecular flexibility index (Phi) is 10.5. The van der Waals surface area contributed by atoms with Gasteiger partial charge in [0, 0.05) is 12.2 Å². The Morgan fingerprint density at radius 3 is 2.18 bits per heavy atom. The summed E-state index contributed by atoms with van der Waals surface area (Å²) in [4.78, 5) is 0. The van der Waals surface area contributed by atoms with Crippen molar-refractivity contribution >= 4 is 0 Å². The minimum absolute atomic E-state index is 0.259. The molecule has 0 saturated carbocycles. The van der Waals surface area contributed by atoms with E-state index in [9.17, 15) is 5.11 Å². The third-order valence-corrected chi connectivity index (χ3v) is 5.74. The molecular formula is C30H38O3. The highest BCUT2D eigenvalue weighted by atomic mass is 16.5. The van der Waals surface area contributed by atoms with Crippen LogP contribution >= 0.6 is 0 Å². The van der Waals surface area contributed by atoms with Gasteiger partial charge in [-0.3, -0.25) is 0 Å². The highest BCUT2D eigenvalue weighted by molar-refractivity contribution is 5.45. The zero-order valence-corrected chi connectivity index (χ0v) is 20.1. The molecule has 3 rings (SSSR count). The van der Waals surface area contributed by atoms with E-state index in [1.54, 1.807) is 6.07 Å². The van der Waals surface area contributed by atoms with Crippen LogP contribution in [-0.2, 0) is 22.5 Å². The van der Waals surface area contributed by atoms with Crippen LogP contribution in [0.1, 0.15) is 67.9 Å². The molecular weight excluding hydrogens is 408 g/mol. The van der Waals surface area contributed by atoms with E-state index < -0.39 is 0 Å². The van der Waals surface area contributed by atoms with Crippen molar-refractivity contribution in [2.45, 2.75) is 58.7 Å². The number of phenolic OH excluding ortho intramolecular Hbond substituents is 1. The quantitative estimate of drug-likeness (QED) is 0.261. The van der Waals surface area contributed by atoms with Crippen molar-refractivity contribution in [2.24, 2.45) is 5.92 Å². The zero-order valence-electron chi connectivity index (χ0n) is 20.1. The van der Waals surface area contributed by atoms with Gasteiger partial charge in [0.2, 0.25) is 0 Å². The summed E-state index contributed by atoms with van der Waals surface area (Å²) in [6.07, 6.45) is 5.48. The standard InChI is InChI=1S/C30H38O3/c1-24(2)22-33-30(26-17-10-6-11-18-26)29-27(19-13-20-28(29)31)23-32-21-12-4-3-7-14-25-15-8-5-9-16-25/h5-6,8-11,13,15-20,24,30-31H,3-4,7,12,14,21-23H2,1-2H3. The van der Waals surface area contributed by atoms with E-state index in [1.807, 2.05) is 30.3 Å². The van der Waals surface area contributed by atoms with Crippen LogP contribution in [0.4, 0.5) is 0 Å². The van der Waals surface area contributed by atoms with Crippen molar-refractivity contribution < 1.29 is 14.6 Å². The number of aryl methyl sites for hydroxylation is 1. The van der Waals surface area contributed by atoms with Gasteiger partial charge in [0.05, 0.1) is 13.2 Å². The van der Waals surface area contributed by atoms with Gasteiger partial charge in [-0.2, -0.15) is 0 Å². The summed E-state index contributed by atoms with van der Waals surface area (Å²) < 4.78 is 12.3. The van der Waals surface area contributed by atoms with Gasteiger partial charge in [0.1, 0.15) is 11.9 Å². The van der Waals surface area contributed by atoms with Crippen LogP contribution in [0.5, 0.6) is 5.75 Å². The number of ether oxygens (including phenoxy) is 2. The van der Waals surface area contributed by atoms with Crippen LogP contribution in [0.2, 0.25) is 0 Å². The van der Waals surface area contributed by atoms with Gasteiger partial charge in [0.15, 0.2) is 0 Å². The van der Waals surface area contributed by atoms with Gasteiger partial charge < -0.3 is 14.6 Å². The molecule has 3 aromatic rings. The number of rotatable bonds is 14. The average Bonchev–Trinajstić information content (AvgIpc) is 2.83. The minimum Gasteiger partial charge on any atom is -0.508 e. The lowest BCUT2D eigenvalue weighted by Crippen LogP contribution is -2.13. The van der Waals surface area contributed by atoms with Crippen LogP contribution in [0.25, 0.3) is 0 Å². The summed E-state index contributed by atoms with van der Waals surface area (Å²) in [6.45, 7) is 6.09. The topological polar surface area (TPSA) is 38.7 Å². The van der Waals surface area contributed by atoms with Gasteiger partial charge in [-0.05, 0) is 47.9 Å². The fourth-order valence-electron chi connectivity index (χ4n) is 4.00. The van der Waals surface area contributed by atoms with Crippen LogP contribution in [0.3, 0.4) is 0 Å². The summed E-state index contributed by atoms with van der Waals surface area (Å²) in [7, 11) is 0. The van der Waals surface area contributed by atoms with Gasteiger partial charge in [0.25, 0.3) is 0 Å². The molecule has 33 heavy (non-hydrogen) atoms. The maximum atomic E-state index is 10.7. The molecule has 3 heteroatoms. The smallest absolute Gasteiger partial charge is 0.122 e. The minimum atomic E-state index is -0.314. The predicted molar refractivity (Wildman–Crippen MR) is 135 cm³/mol. The maximum Gasteiger partial charge on any atom is 0.122 e. The number of hydrogen-bond donors (Lipinski definition) is 1. The van der Waals surface area contributed by atoms with Gasteiger partial charge >= 0.3 is 0 Å². The number of benzene rings is 3. The van der Waals surface area contributed by atoms with Crippen molar-refractivity contribution in [3.8, 4) is 5.75 Å². The van der Waals surface area contributed by atoms with Crippen LogP contribution in [-0.4, -0.2) is 18.3 Å². The molecule has 1 unspecified atom stereocenters. The van der Waals surface area contributed by atoms with Crippen LogP contribution in [0, 0.1) is 5.92 Å². The Labute approximate surface area is 199 Å². The van der Waals surface area contributed by atoms with Crippen molar-refractivity contribution in [3.63, 3.8) is 0 Å². The lowest BCUT2D eigenvalue weighted by molar-refractivity contribution is 0.0554. The second-order valence-corrected chi connectivity index (χ2v) is 9.07. The molecule has 176 valence electrons. The van der Waals surface area contributed by atoms with Gasteiger partial charge in [-0.25, -0.2) is 0 Å². The van der Waals surface area contributed by atoms with E-state index in [-0.39, 0.29) is 11.9 Å². The summed E-state index contributed by atoms with van der Waals surface area (Å²) in [5, 5.41) is 10.7. The first-order valence-corrected chi connectivity index (χ1v) is 12.2. The molecule has 0 spiro atoms. The second-order valence-electron chi connectivity index (χ2n) is 9.07. The first-order valence-electron chi connectivity index (χ1n) is 12.2. The number of unbranched alkanes of at least 4 members (excludes halogenated alkanes) is 3. The molecule has 1 N–H and O–H groups in total. The van der Waals surface area contributed by atoms with E-state index in [2.05, 4.69) is 56.3 Å². The molecule has 3 nitrogen and oxygen atoms in total. The fraction of sp³-hybridized carbons (Fsp3) is 0.400. The molecule has 0 fully saturated rings. The van der Waals surface area contributed by atoms with Crippen molar-refractivity contribution in [1.82, 2.24) is 0 Å². The van der Waals surface area contributed by atoms with Crippen molar-refractivity contribution in [1.29, 1.82) is 0 Å². The third-order valence-electron chi connectivity index (χ3n) is 5.74. The van der Waals surface area contributed by atoms with Gasteiger partial charge in [-0.15, -0.1) is 0 Å². The van der Waals surface area contributed by atoms with E-state index >= 15 is 0 Å². The highest BCUT2D eigenvalue weighted by Crippen LogP contribution is 2.35. The molecule has 0 radical (unpaired) electrons. The summed E-state index contributed by atoms with van der Waals surface area (Å²) in [5.74, 6) is 0.665. The predicted octanol–water partition coefficient (Wildman–Crippen LogP) is 7.47. The van der Waals surface area contributed by atoms with Gasteiger partial charge in [-0.1, -0.05) is 99.5 Å². The molecule has 0 heterocycles. The summed E-state index contributed by atoms with van der Waals surface area (Å²) in [5.41, 5.74) is 4.25. The lowest BCUT2D eigenvalue weighted by atomic mass is 9.95. The third kappa shape index (κ3) is 8.34. The van der Waals surface area contributed by atoms with E-state index in [0.29, 0.717) is 19.1 Å². The SMILES string of the molecule is CC(C)COC(c1ccccc1)c1c(O)cccc1COCCCCCCc1ccccc1. The molecule has 0 aliphatic rings. The first-order chi connectivity index (χ1) is 16.1. The van der Waals surface area contributed by atoms with E-state index in [0.717, 1.165) is 36.1 Å². The van der Waals surface area contributed by atoms with Crippen LogP contribution < -0.4 is 0 Å². The molecule has 0 amide bonds. The van der Waals surface area contributed by atoms with Crippen molar-refractivity contribution in [3.05, 3.63) is 101 Å². The van der Waals surface area contributed by atoms with Crippen molar-refractivity contribution in [2.75, 3.05) is 13.2 Å². The maximum absolute atomic E-state index is 10.7. The Balaban J connectivity index is 1.52. The number of phenols is 1. The number of aromatic hydroxyl groups is 1. The summed E-state index contributed by atoms with van der Waals surface area (Å²) in [6, 6.07) is 26.4.